The molecular formula is C23H22N2O3S2. The summed E-state index contributed by atoms with van der Waals surface area (Å²) >= 11 is 3.46. The zero-order valence-electron chi connectivity index (χ0n) is 17.0. The van der Waals surface area contributed by atoms with Gasteiger partial charge < -0.3 is 9.15 Å². The van der Waals surface area contributed by atoms with Crippen LogP contribution in [0.4, 0.5) is 0 Å². The lowest BCUT2D eigenvalue weighted by Crippen LogP contribution is -2.06. The van der Waals surface area contributed by atoms with Crippen LogP contribution in [0.2, 0.25) is 0 Å². The number of thiophene rings is 1. The molecule has 0 unspecified atom stereocenters. The maximum Gasteiger partial charge on any atom is 0.374 e. The van der Waals surface area contributed by atoms with E-state index in [1.54, 1.807) is 18.7 Å². The van der Waals surface area contributed by atoms with Gasteiger partial charge in [0.05, 0.1) is 6.61 Å². The molecule has 5 rings (SSSR count). The van der Waals surface area contributed by atoms with Crippen molar-refractivity contribution in [1.29, 1.82) is 0 Å². The van der Waals surface area contributed by atoms with Gasteiger partial charge in [0.2, 0.25) is 5.76 Å². The summed E-state index contributed by atoms with van der Waals surface area (Å²) in [6.45, 7) is 4.06. The predicted octanol–water partition coefficient (Wildman–Crippen LogP) is 6.09. The molecule has 0 radical (unpaired) electrons. The van der Waals surface area contributed by atoms with Crippen molar-refractivity contribution < 1.29 is 13.9 Å². The van der Waals surface area contributed by atoms with E-state index >= 15 is 0 Å². The van der Waals surface area contributed by atoms with E-state index < -0.39 is 5.97 Å². The van der Waals surface area contributed by atoms with Crippen LogP contribution in [0.25, 0.3) is 21.2 Å². The molecule has 3 aromatic heterocycles. The number of hydrogen-bond donors (Lipinski definition) is 0. The number of carbonyl (C=O) groups excluding carboxylic acids is 1. The van der Waals surface area contributed by atoms with Crippen molar-refractivity contribution >= 4 is 50.3 Å². The zero-order chi connectivity index (χ0) is 20.7. The van der Waals surface area contributed by atoms with Gasteiger partial charge in [-0.15, -0.1) is 23.1 Å². The third-order valence-electron chi connectivity index (χ3n) is 5.41. The van der Waals surface area contributed by atoms with E-state index in [1.165, 1.54) is 28.7 Å². The van der Waals surface area contributed by atoms with Crippen molar-refractivity contribution in [3.8, 4) is 0 Å². The first kappa shape index (κ1) is 19.6. The van der Waals surface area contributed by atoms with Gasteiger partial charge in [0.15, 0.2) is 0 Å². The van der Waals surface area contributed by atoms with Crippen LogP contribution in [0.3, 0.4) is 0 Å². The summed E-state index contributed by atoms with van der Waals surface area (Å²) in [5.74, 6) is 1.24. The molecule has 5 nitrogen and oxygen atoms in total. The van der Waals surface area contributed by atoms with Crippen LogP contribution in [0.5, 0.6) is 0 Å². The number of ether oxygens (including phenoxy) is 1. The Hall–Kier alpha value is -2.38. The van der Waals surface area contributed by atoms with Crippen LogP contribution in [0.15, 0.2) is 33.7 Å². The van der Waals surface area contributed by atoms with E-state index in [-0.39, 0.29) is 0 Å². The van der Waals surface area contributed by atoms with Crippen molar-refractivity contribution in [3.63, 3.8) is 0 Å². The van der Waals surface area contributed by atoms with Gasteiger partial charge in [0, 0.05) is 27.0 Å². The molecule has 0 spiro atoms. The summed E-state index contributed by atoms with van der Waals surface area (Å²) in [5, 5.41) is 3.15. The fourth-order valence-corrected chi connectivity index (χ4v) is 6.57. The molecule has 0 fully saturated rings. The first-order valence-corrected chi connectivity index (χ1v) is 12.0. The highest BCUT2D eigenvalue weighted by molar-refractivity contribution is 7.98. The molecule has 0 atom stereocenters. The Morgan fingerprint density at radius 3 is 2.93 bits per heavy atom. The Morgan fingerprint density at radius 1 is 1.23 bits per heavy atom. The van der Waals surface area contributed by atoms with Gasteiger partial charge in [-0.05, 0) is 51.2 Å². The van der Waals surface area contributed by atoms with E-state index in [0.717, 1.165) is 39.5 Å². The second kappa shape index (κ2) is 8.04. The molecule has 3 heterocycles. The number of furan rings is 1. The van der Waals surface area contributed by atoms with E-state index in [1.807, 2.05) is 42.5 Å². The minimum absolute atomic E-state index is 0.292. The Balaban J connectivity index is 1.56. The van der Waals surface area contributed by atoms with Crippen LogP contribution < -0.4 is 0 Å². The molecule has 154 valence electrons. The number of carbonyl (C=O) groups is 1. The number of fused-ring (bicyclic) bond motifs is 4. The minimum Gasteiger partial charge on any atom is -0.460 e. The number of benzene rings is 1. The molecule has 0 bridgehead atoms. The lowest BCUT2D eigenvalue weighted by atomic mass is 9.97. The molecule has 0 amide bonds. The van der Waals surface area contributed by atoms with E-state index in [2.05, 4.69) is 0 Å². The average molecular weight is 439 g/mol. The molecule has 30 heavy (non-hydrogen) atoms. The molecule has 0 aliphatic heterocycles. The first-order valence-electron chi connectivity index (χ1n) is 10.2. The fourth-order valence-electron chi connectivity index (χ4n) is 4.07. The maximum atomic E-state index is 12.5. The van der Waals surface area contributed by atoms with Gasteiger partial charge in [-0.3, -0.25) is 0 Å². The molecule has 0 saturated heterocycles. The highest BCUT2D eigenvalue weighted by Crippen LogP contribution is 2.41. The summed E-state index contributed by atoms with van der Waals surface area (Å²) in [6, 6.07) is 7.75. The summed E-state index contributed by atoms with van der Waals surface area (Å²) < 4.78 is 11.1. The molecular weight excluding hydrogens is 416 g/mol. The second-order valence-corrected chi connectivity index (χ2v) is 9.43. The quantitative estimate of drug-likeness (QED) is 0.213. The Labute approximate surface area is 182 Å². The zero-order valence-corrected chi connectivity index (χ0v) is 18.6. The van der Waals surface area contributed by atoms with Gasteiger partial charge in [0.25, 0.3) is 0 Å². The van der Waals surface area contributed by atoms with E-state index in [4.69, 9.17) is 19.1 Å². The molecule has 4 aromatic rings. The van der Waals surface area contributed by atoms with Crippen molar-refractivity contribution in [2.45, 2.75) is 50.3 Å². The average Bonchev–Trinajstić information content (AvgIpc) is 3.30. The Bertz CT molecular complexity index is 1260. The minimum atomic E-state index is -0.416. The largest absolute Gasteiger partial charge is 0.460 e. The van der Waals surface area contributed by atoms with Crippen LogP contribution in [0, 0.1) is 6.92 Å². The SMILES string of the molecule is CCOC(=O)c1oc2ccccc2c1CSc1nc(C)nc2sc3c(c12)CCCC3. The van der Waals surface area contributed by atoms with Crippen LogP contribution in [0.1, 0.15) is 52.1 Å². The summed E-state index contributed by atoms with van der Waals surface area (Å²) in [5.41, 5.74) is 2.99. The number of aromatic nitrogens is 2. The molecule has 1 aliphatic rings. The number of para-hydroxylation sites is 1. The number of aryl methyl sites for hydroxylation is 3. The van der Waals surface area contributed by atoms with Gasteiger partial charge in [-0.2, -0.15) is 0 Å². The fraction of sp³-hybridized carbons (Fsp3) is 0.348. The topological polar surface area (TPSA) is 65.2 Å². The van der Waals surface area contributed by atoms with Crippen molar-refractivity contribution in [2.75, 3.05) is 6.61 Å². The van der Waals surface area contributed by atoms with Gasteiger partial charge >= 0.3 is 5.97 Å². The van der Waals surface area contributed by atoms with E-state index in [9.17, 15) is 4.79 Å². The lowest BCUT2D eigenvalue weighted by molar-refractivity contribution is 0.0491. The summed E-state index contributed by atoms with van der Waals surface area (Å²) in [4.78, 5) is 24.5. The predicted molar refractivity (Wildman–Crippen MR) is 121 cm³/mol. The van der Waals surface area contributed by atoms with Gasteiger partial charge in [-0.25, -0.2) is 14.8 Å². The third kappa shape index (κ3) is 3.40. The van der Waals surface area contributed by atoms with Crippen molar-refractivity contribution in [3.05, 3.63) is 51.9 Å². The lowest BCUT2D eigenvalue weighted by Gasteiger charge is -2.12. The number of thioether (sulfide) groups is 1. The van der Waals surface area contributed by atoms with Crippen LogP contribution in [-0.4, -0.2) is 22.5 Å². The monoisotopic (exact) mass is 438 g/mol. The third-order valence-corrected chi connectivity index (χ3v) is 7.59. The first-order chi connectivity index (χ1) is 14.7. The second-order valence-electron chi connectivity index (χ2n) is 7.38. The maximum absolute atomic E-state index is 12.5. The highest BCUT2D eigenvalue weighted by atomic mass is 32.2. The van der Waals surface area contributed by atoms with Crippen LogP contribution >= 0.6 is 23.1 Å². The molecule has 0 N–H and O–H groups in total. The van der Waals surface area contributed by atoms with Gasteiger partial charge in [-0.1, -0.05) is 18.2 Å². The normalized spacial score (nSPS) is 13.7. The summed E-state index contributed by atoms with van der Waals surface area (Å²) in [7, 11) is 0. The molecule has 0 saturated carbocycles. The smallest absolute Gasteiger partial charge is 0.374 e. The molecule has 1 aromatic carbocycles. The Morgan fingerprint density at radius 2 is 2.07 bits per heavy atom. The van der Waals surface area contributed by atoms with Crippen LogP contribution in [-0.2, 0) is 23.3 Å². The Kier molecular flexibility index (Phi) is 5.25. The molecule has 7 heteroatoms. The standard InChI is InChI=1S/C23H22N2O3S2/c1-3-27-23(26)20-16(14-8-4-6-10-17(14)28-20)12-29-21-19-15-9-5-7-11-18(15)30-22(19)25-13(2)24-21/h4,6,8,10H,3,5,7,9,11-12H2,1-2H3. The highest BCUT2D eigenvalue weighted by Gasteiger charge is 2.24. The van der Waals surface area contributed by atoms with E-state index in [0.29, 0.717) is 23.7 Å². The van der Waals surface area contributed by atoms with Gasteiger partial charge in [0.1, 0.15) is 21.3 Å². The summed E-state index contributed by atoms with van der Waals surface area (Å²) in [6.07, 6.45) is 4.70. The molecule has 1 aliphatic carbocycles. The number of esters is 1. The number of rotatable bonds is 5. The number of nitrogens with zero attached hydrogens (tertiary/aromatic N) is 2. The van der Waals surface area contributed by atoms with Crippen molar-refractivity contribution in [1.82, 2.24) is 9.97 Å². The number of hydrogen-bond acceptors (Lipinski definition) is 7. The van der Waals surface area contributed by atoms with Crippen molar-refractivity contribution in [2.24, 2.45) is 0 Å².